The van der Waals surface area contributed by atoms with Crippen LogP contribution in [0.3, 0.4) is 0 Å². The van der Waals surface area contributed by atoms with Gasteiger partial charge in [0.25, 0.3) is 0 Å². The van der Waals surface area contributed by atoms with Gasteiger partial charge < -0.3 is 0 Å². The average Bonchev–Trinajstić information content (AvgIpc) is 3.01. The van der Waals surface area contributed by atoms with Crippen LogP contribution in [0.25, 0.3) is 11.1 Å². The summed E-state index contributed by atoms with van der Waals surface area (Å²) in [6.45, 7) is 4.65. The summed E-state index contributed by atoms with van der Waals surface area (Å²) in [6, 6.07) is 18.0. The fourth-order valence-corrected chi connectivity index (χ4v) is 7.96. The van der Waals surface area contributed by atoms with E-state index in [-0.39, 0.29) is 0 Å². The molecule has 102 valence electrons. The van der Waals surface area contributed by atoms with Crippen molar-refractivity contribution in [2.45, 2.75) is 17.5 Å². The van der Waals surface area contributed by atoms with Crippen LogP contribution < -0.4 is 0 Å². The van der Waals surface area contributed by atoms with Crippen LogP contribution in [-0.4, -0.2) is 0 Å². The Hall–Kier alpha value is -1.20. The van der Waals surface area contributed by atoms with Crippen molar-refractivity contribution in [3.8, 4) is 11.1 Å². The average molecular weight is 350 g/mol. The number of rotatable bonds is 2. The first-order valence-electron chi connectivity index (χ1n) is 7.59. The SMILES string of the molecule is CC1=[C]([Zr][CH]2c3ccccc3-c3ccccc32)C(C)C=C1. The number of hydrogen-bond donors (Lipinski definition) is 0. The van der Waals surface area contributed by atoms with E-state index in [1.165, 1.54) is 16.7 Å². The minimum atomic E-state index is -0.662. The number of hydrogen-bond acceptors (Lipinski definition) is 0. The summed E-state index contributed by atoms with van der Waals surface area (Å²) in [5.41, 5.74) is 7.62. The maximum absolute atomic E-state index is 2.37. The Balaban J connectivity index is 1.81. The second kappa shape index (κ2) is 5.22. The molecular formula is C20H18Zr. The van der Waals surface area contributed by atoms with Gasteiger partial charge in [-0.3, -0.25) is 0 Å². The third kappa shape index (κ3) is 2.14. The van der Waals surface area contributed by atoms with E-state index in [1.54, 1.807) is 14.4 Å². The molecule has 0 spiro atoms. The van der Waals surface area contributed by atoms with Gasteiger partial charge in [-0.25, -0.2) is 0 Å². The first-order chi connectivity index (χ1) is 10.3. The van der Waals surface area contributed by atoms with Gasteiger partial charge in [-0.1, -0.05) is 0 Å². The van der Waals surface area contributed by atoms with Gasteiger partial charge in [-0.15, -0.1) is 0 Å². The Morgan fingerprint density at radius 1 is 0.857 bits per heavy atom. The second-order valence-corrected chi connectivity index (χ2v) is 9.45. The molecule has 4 rings (SSSR count). The Morgan fingerprint density at radius 3 is 1.95 bits per heavy atom. The van der Waals surface area contributed by atoms with Crippen LogP contribution >= 0.6 is 0 Å². The van der Waals surface area contributed by atoms with Gasteiger partial charge in [0, 0.05) is 0 Å². The van der Waals surface area contributed by atoms with Crippen molar-refractivity contribution < 1.29 is 23.2 Å². The number of fused-ring (bicyclic) bond motifs is 3. The zero-order valence-corrected chi connectivity index (χ0v) is 14.9. The van der Waals surface area contributed by atoms with Crippen LogP contribution in [0.2, 0.25) is 0 Å². The van der Waals surface area contributed by atoms with Gasteiger partial charge in [0.05, 0.1) is 0 Å². The molecule has 2 aromatic rings. The van der Waals surface area contributed by atoms with Crippen molar-refractivity contribution in [3.05, 3.63) is 80.7 Å². The van der Waals surface area contributed by atoms with Gasteiger partial charge >= 0.3 is 138 Å². The molecule has 0 radical (unpaired) electrons. The quantitative estimate of drug-likeness (QED) is 0.688. The van der Waals surface area contributed by atoms with E-state index in [0.717, 1.165) is 0 Å². The Kier molecular flexibility index (Phi) is 3.34. The number of benzene rings is 2. The molecule has 0 N–H and O–H groups in total. The molecule has 1 atom stereocenters. The van der Waals surface area contributed by atoms with Gasteiger partial charge in [0.1, 0.15) is 0 Å². The van der Waals surface area contributed by atoms with Crippen LogP contribution in [0, 0.1) is 5.92 Å². The molecule has 0 fully saturated rings. The van der Waals surface area contributed by atoms with Crippen molar-refractivity contribution in [1.82, 2.24) is 0 Å². The van der Waals surface area contributed by atoms with E-state index in [0.29, 0.717) is 9.54 Å². The predicted molar refractivity (Wildman–Crippen MR) is 84.7 cm³/mol. The van der Waals surface area contributed by atoms with Crippen molar-refractivity contribution >= 4 is 0 Å². The van der Waals surface area contributed by atoms with E-state index in [4.69, 9.17) is 0 Å². The van der Waals surface area contributed by atoms with E-state index < -0.39 is 23.2 Å². The molecule has 2 aliphatic rings. The minimum absolute atomic E-state index is 0.662. The summed E-state index contributed by atoms with van der Waals surface area (Å²) in [5, 5.41) is 0. The van der Waals surface area contributed by atoms with Crippen LogP contribution in [-0.2, 0) is 23.2 Å². The summed E-state index contributed by atoms with van der Waals surface area (Å²) in [6.07, 6.45) is 4.70. The molecule has 2 aromatic carbocycles. The Morgan fingerprint density at radius 2 is 1.43 bits per heavy atom. The molecule has 1 unspecified atom stereocenters. The molecule has 0 aromatic heterocycles. The first kappa shape index (κ1) is 13.5. The second-order valence-electron chi connectivity index (χ2n) is 6.00. The first-order valence-corrected chi connectivity index (χ1v) is 10.2. The molecule has 0 bridgehead atoms. The summed E-state index contributed by atoms with van der Waals surface area (Å²) in [4.78, 5) is 0. The molecule has 21 heavy (non-hydrogen) atoms. The van der Waals surface area contributed by atoms with Gasteiger partial charge in [-0.2, -0.15) is 0 Å². The molecule has 2 aliphatic carbocycles. The molecule has 0 heterocycles. The van der Waals surface area contributed by atoms with Crippen LogP contribution in [0.1, 0.15) is 28.6 Å². The molecule has 0 saturated carbocycles. The molecule has 1 heteroatoms. The third-order valence-electron chi connectivity index (χ3n) is 4.65. The maximum atomic E-state index is 2.37. The van der Waals surface area contributed by atoms with E-state index in [9.17, 15) is 0 Å². The molecule has 0 saturated heterocycles. The topological polar surface area (TPSA) is 0 Å². The standard InChI is InChI=1S/C13H9.C7H9.Zr/c1-3-7-12-10(5-1)9-11-6-2-4-8-13(11)12;1-6-3-4-7(2)5-6;/h1-9H;3-4,6H,1-2H3;. The van der Waals surface area contributed by atoms with Gasteiger partial charge in [-0.05, 0) is 0 Å². The Labute approximate surface area is 138 Å². The van der Waals surface area contributed by atoms with Crippen molar-refractivity contribution in [2.24, 2.45) is 5.92 Å². The predicted octanol–water partition coefficient (Wildman–Crippen LogP) is 5.32. The monoisotopic (exact) mass is 348 g/mol. The molecule has 0 aliphatic heterocycles. The third-order valence-corrected chi connectivity index (χ3v) is 9.74. The van der Waals surface area contributed by atoms with E-state index in [1.807, 2.05) is 0 Å². The van der Waals surface area contributed by atoms with Gasteiger partial charge in [0.15, 0.2) is 0 Å². The van der Waals surface area contributed by atoms with Crippen molar-refractivity contribution in [1.29, 1.82) is 0 Å². The zero-order valence-electron chi connectivity index (χ0n) is 12.4. The summed E-state index contributed by atoms with van der Waals surface area (Å²) in [5.74, 6) is 0.663. The molecular weight excluding hydrogens is 331 g/mol. The van der Waals surface area contributed by atoms with E-state index in [2.05, 4.69) is 74.5 Å². The Bertz CT molecular complexity index is 721. The van der Waals surface area contributed by atoms with Crippen LogP contribution in [0.15, 0.2) is 69.5 Å². The van der Waals surface area contributed by atoms with Crippen molar-refractivity contribution in [3.63, 3.8) is 0 Å². The number of allylic oxidation sites excluding steroid dienone is 4. The summed E-state index contributed by atoms with van der Waals surface area (Å²) < 4.78 is 2.46. The van der Waals surface area contributed by atoms with Crippen LogP contribution in [0.5, 0.6) is 0 Å². The van der Waals surface area contributed by atoms with Crippen LogP contribution in [0.4, 0.5) is 0 Å². The normalized spacial score (nSPS) is 19.8. The van der Waals surface area contributed by atoms with E-state index >= 15 is 0 Å². The fourth-order valence-electron chi connectivity index (χ4n) is 3.55. The van der Waals surface area contributed by atoms with Crippen molar-refractivity contribution in [2.75, 3.05) is 0 Å². The molecule has 0 nitrogen and oxygen atoms in total. The summed E-state index contributed by atoms with van der Waals surface area (Å²) >= 11 is -0.662. The summed E-state index contributed by atoms with van der Waals surface area (Å²) in [7, 11) is 0. The van der Waals surface area contributed by atoms with Gasteiger partial charge in [0.2, 0.25) is 0 Å². The molecule has 0 amide bonds. The fraction of sp³-hybridized carbons (Fsp3) is 0.200. The zero-order chi connectivity index (χ0) is 14.4.